The van der Waals surface area contributed by atoms with E-state index in [4.69, 9.17) is 0 Å². The van der Waals surface area contributed by atoms with Crippen molar-refractivity contribution in [1.82, 2.24) is 15.3 Å². The SMILES string of the molecule is CCNC(c1ccncn1)c1ccccc1C(F)(F)F. The van der Waals surface area contributed by atoms with Crippen LogP contribution in [0.5, 0.6) is 0 Å². The molecule has 1 aromatic carbocycles. The minimum Gasteiger partial charge on any atom is -0.305 e. The van der Waals surface area contributed by atoms with Crippen LogP contribution in [0.3, 0.4) is 0 Å². The van der Waals surface area contributed by atoms with E-state index in [-0.39, 0.29) is 5.56 Å². The highest BCUT2D eigenvalue weighted by Gasteiger charge is 2.35. The van der Waals surface area contributed by atoms with Gasteiger partial charge in [-0.3, -0.25) is 0 Å². The average molecular weight is 281 g/mol. The van der Waals surface area contributed by atoms with E-state index in [0.717, 1.165) is 6.07 Å². The molecule has 1 N–H and O–H groups in total. The highest BCUT2D eigenvalue weighted by atomic mass is 19.4. The Kier molecular flexibility index (Phi) is 4.34. The van der Waals surface area contributed by atoms with Crippen molar-refractivity contribution in [2.24, 2.45) is 0 Å². The quantitative estimate of drug-likeness (QED) is 0.935. The number of rotatable bonds is 4. The third-order valence-electron chi connectivity index (χ3n) is 2.89. The summed E-state index contributed by atoms with van der Waals surface area (Å²) >= 11 is 0. The lowest BCUT2D eigenvalue weighted by Crippen LogP contribution is -2.25. The van der Waals surface area contributed by atoms with Crippen LogP contribution in [-0.4, -0.2) is 16.5 Å². The van der Waals surface area contributed by atoms with E-state index in [9.17, 15) is 13.2 Å². The Morgan fingerprint density at radius 2 is 1.95 bits per heavy atom. The van der Waals surface area contributed by atoms with Crippen molar-refractivity contribution >= 4 is 0 Å². The Bertz CT molecular complexity index is 555. The molecule has 1 aromatic heterocycles. The molecule has 1 atom stereocenters. The Labute approximate surface area is 114 Å². The molecule has 0 amide bonds. The predicted octanol–water partition coefficient (Wildman–Crippen LogP) is 3.19. The lowest BCUT2D eigenvalue weighted by Gasteiger charge is -2.21. The summed E-state index contributed by atoms with van der Waals surface area (Å²) in [7, 11) is 0. The summed E-state index contributed by atoms with van der Waals surface area (Å²) in [4.78, 5) is 7.85. The summed E-state index contributed by atoms with van der Waals surface area (Å²) in [5, 5.41) is 3.04. The van der Waals surface area contributed by atoms with Gasteiger partial charge in [-0.05, 0) is 24.2 Å². The van der Waals surface area contributed by atoms with E-state index in [2.05, 4.69) is 15.3 Å². The molecule has 0 fully saturated rings. The third-order valence-corrected chi connectivity index (χ3v) is 2.89. The minimum atomic E-state index is -4.39. The Morgan fingerprint density at radius 1 is 1.20 bits per heavy atom. The van der Waals surface area contributed by atoms with Crippen LogP contribution >= 0.6 is 0 Å². The summed E-state index contributed by atoms with van der Waals surface area (Å²) in [6, 6.07) is 6.53. The van der Waals surface area contributed by atoms with E-state index in [1.807, 2.05) is 6.92 Å². The van der Waals surface area contributed by atoms with Gasteiger partial charge in [-0.15, -0.1) is 0 Å². The van der Waals surface area contributed by atoms with E-state index in [0.29, 0.717) is 12.2 Å². The molecule has 1 heterocycles. The molecule has 3 nitrogen and oxygen atoms in total. The molecule has 106 valence electrons. The maximum Gasteiger partial charge on any atom is 0.416 e. The maximum atomic E-state index is 13.1. The fourth-order valence-electron chi connectivity index (χ4n) is 2.06. The van der Waals surface area contributed by atoms with Gasteiger partial charge in [0.1, 0.15) is 6.33 Å². The molecule has 0 spiro atoms. The zero-order chi connectivity index (χ0) is 14.6. The molecule has 2 rings (SSSR count). The summed E-state index contributed by atoms with van der Waals surface area (Å²) in [5.74, 6) is 0. The summed E-state index contributed by atoms with van der Waals surface area (Å²) in [5.41, 5.74) is 0.0312. The van der Waals surface area contributed by atoms with Crippen LogP contribution in [0, 0.1) is 0 Å². The summed E-state index contributed by atoms with van der Waals surface area (Å²) < 4.78 is 39.3. The van der Waals surface area contributed by atoms with Gasteiger partial charge in [0.25, 0.3) is 0 Å². The van der Waals surface area contributed by atoms with Gasteiger partial charge in [0.2, 0.25) is 0 Å². The zero-order valence-corrected chi connectivity index (χ0v) is 10.9. The van der Waals surface area contributed by atoms with Crippen molar-refractivity contribution < 1.29 is 13.2 Å². The second kappa shape index (κ2) is 6.00. The predicted molar refractivity (Wildman–Crippen MR) is 69.0 cm³/mol. The molecule has 0 saturated heterocycles. The lowest BCUT2D eigenvalue weighted by molar-refractivity contribution is -0.138. The van der Waals surface area contributed by atoms with E-state index < -0.39 is 17.8 Å². The number of nitrogens with one attached hydrogen (secondary N) is 1. The molecule has 20 heavy (non-hydrogen) atoms. The molecule has 0 radical (unpaired) electrons. The number of aromatic nitrogens is 2. The Morgan fingerprint density at radius 3 is 2.55 bits per heavy atom. The molecule has 0 aliphatic carbocycles. The van der Waals surface area contributed by atoms with Crippen LogP contribution in [0.15, 0.2) is 42.9 Å². The number of benzene rings is 1. The van der Waals surface area contributed by atoms with Crippen molar-refractivity contribution in [3.8, 4) is 0 Å². The number of hydrogen-bond donors (Lipinski definition) is 1. The van der Waals surface area contributed by atoms with Crippen molar-refractivity contribution in [2.75, 3.05) is 6.54 Å². The van der Waals surface area contributed by atoms with Crippen molar-refractivity contribution in [2.45, 2.75) is 19.1 Å². The van der Waals surface area contributed by atoms with E-state index in [1.54, 1.807) is 12.1 Å². The van der Waals surface area contributed by atoms with Gasteiger partial charge in [0.05, 0.1) is 17.3 Å². The lowest BCUT2D eigenvalue weighted by atomic mass is 9.97. The van der Waals surface area contributed by atoms with Crippen LogP contribution in [0.2, 0.25) is 0 Å². The zero-order valence-electron chi connectivity index (χ0n) is 10.9. The van der Waals surface area contributed by atoms with E-state index >= 15 is 0 Å². The Hall–Kier alpha value is -1.95. The van der Waals surface area contributed by atoms with Crippen LogP contribution < -0.4 is 5.32 Å². The fourth-order valence-corrected chi connectivity index (χ4v) is 2.06. The first-order valence-electron chi connectivity index (χ1n) is 6.19. The largest absolute Gasteiger partial charge is 0.416 e. The van der Waals surface area contributed by atoms with Gasteiger partial charge in [-0.2, -0.15) is 13.2 Å². The second-order valence-corrected chi connectivity index (χ2v) is 4.21. The van der Waals surface area contributed by atoms with Crippen LogP contribution in [-0.2, 0) is 6.18 Å². The molecular formula is C14H14F3N3. The third kappa shape index (κ3) is 3.14. The van der Waals surface area contributed by atoms with Gasteiger partial charge >= 0.3 is 6.18 Å². The molecular weight excluding hydrogens is 267 g/mol. The van der Waals surface area contributed by atoms with Gasteiger partial charge < -0.3 is 5.32 Å². The average Bonchev–Trinajstić information content (AvgIpc) is 2.45. The first-order chi connectivity index (χ1) is 9.54. The molecule has 2 aromatic rings. The first-order valence-corrected chi connectivity index (χ1v) is 6.19. The van der Waals surface area contributed by atoms with Crippen LogP contribution in [0.4, 0.5) is 13.2 Å². The van der Waals surface area contributed by atoms with Gasteiger partial charge in [-0.1, -0.05) is 25.1 Å². The van der Waals surface area contributed by atoms with E-state index in [1.165, 1.54) is 24.7 Å². The monoisotopic (exact) mass is 281 g/mol. The van der Waals surface area contributed by atoms with Crippen molar-refractivity contribution in [3.05, 3.63) is 59.7 Å². The van der Waals surface area contributed by atoms with Crippen molar-refractivity contribution in [1.29, 1.82) is 0 Å². The fraction of sp³-hybridized carbons (Fsp3) is 0.286. The molecule has 0 saturated carbocycles. The topological polar surface area (TPSA) is 37.8 Å². The summed E-state index contributed by atoms with van der Waals surface area (Å²) in [6.45, 7) is 2.37. The van der Waals surface area contributed by atoms with Crippen LogP contribution in [0.25, 0.3) is 0 Å². The highest BCUT2D eigenvalue weighted by Crippen LogP contribution is 2.35. The van der Waals surface area contributed by atoms with Gasteiger partial charge in [0.15, 0.2) is 0 Å². The van der Waals surface area contributed by atoms with Crippen molar-refractivity contribution in [3.63, 3.8) is 0 Å². The molecule has 1 unspecified atom stereocenters. The highest BCUT2D eigenvalue weighted by molar-refractivity contribution is 5.36. The minimum absolute atomic E-state index is 0.167. The summed E-state index contributed by atoms with van der Waals surface area (Å²) in [6.07, 6.45) is -1.55. The Balaban J connectivity index is 2.51. The number of nitrogens with zero attached hydrogens (tertiary/aromatic N) is 2. The number of halogens is 3. The van der Waals surface area contributed by atoms with Gasteiger partial charge in [-0.25, -0.2) is 9.97 Å². The molecule has 6 heteroatoms. The standard InChI is InChI=1S/C14H14F3N3/c1-2-19-13(12-7-8-18-9-20-12)10-5-3-4-6-11(10)14(15,16)17/h3-9,13,19H,2H2,1H3. The van der Waals surface area contributed by atoms with Crippen LogP contribution in [0.1, 0.15) is 29.8 Å². The molecule has 0 aliphatic rings. The normalized spacial score (nSPS) is 13.2. The first kappa shape index (κ1) is 14.5. The smallest absolute Gasteiger partial charge is 0.305 e. The second-order valence-electron chi connectivity index (χ2n) is 4.21. The maximum absolute atomic E-state index is 13.1. The number of alkyl halides is 3. The van der Waals surface area contributed by atoms with Gasteiger partial charge in [0, 0.05) is 6.20 Å². The number of hydrogen-bond acceptors (Lipinski definition) is 3. The molecule has 0 aliphatic heterocycles. The molecule has 0 bridgehead atoms.